The van der Waals surface area contributed by atoms with Gasteiger partial charge in [-0.2, -0.15) is 0 Å². The number of carboxylic acids is 1. The van der Waals surface area contributed by atoms with Gasteiger partial charge in [-0.15, -0.1) is 0 Å². The molecule has 0 saturated carbocycles. The van der Waals surface area contributed by atoms with Gasteiger partial charge in [-0.05, 0) is 48.8 Å². The van der Waals surface area contributed by atoms with Crippen molar-refractivity contribution in [3.63, 3.8) is 0 Å². The number of carboxylic acid groups (broad SMARTS) is 1. The number of hydrogen-bond donors (Lipinski definition) is 3. The monoisotopic (exact) mass is 439 g/mol. The first-order valence-electron chi connectivity index (χ1n) is 11.3. The highest BCUT2D eigenvalue weighted by Crippen LogP contribution is 2.23. The van der Waals surface area contributed by atoms with Gasteiger partial charge in [0.15, 0.2) is 0 Å². The molecule has 2 aromatic carbocycles. The molecule has 0 heterocycles. The zero-order valence-electron chi connectivity index (χ0n) is 18.5. The van der Waals surface area contributed by atoms with Crippen molar-refractivity contribution in [2.45, 2.75) is 70.1 Å². The van der Waals surface area contributed by atoms with Gasteiger partial charge < -0.3 is 5.11 Å². The zero-order chi connectivity index (χ0) is 23.2. The van der Waals surface area contributed by atoms with Crippen molar-refractivity contribution in [2.24, 2.45) is 0 Å². The maximum absolute atomic E-state index is 12.3. The molecule has 0 radical (unpaired) electrons. The number of Topliss-reactive ketones (excluding diaryl/α,β-unsaturated/α-hetero) is 1. The number of ketones is 1. The van der Waals surface area contributed by atoms with Gasteiger partial charge >= 0.3 is 5.97 Å². The van der Waals surface area contributed by atoms with E-state index in [1.807, 2.05) is 54.6 Å². The Kier molecular flexibility index (Phi) is 11.2. The number of hydrogen-bond acceptors (Lipinski definition) is 4. The third-order valence-corrected chi connectivity index (χ3v) is 5.59. The van der Waals surface area contributed by atoms with Gasteiger partial charge in [0.05, 0.1) is 5.92 Å². The third-order valence-electron chi connectivity index (χ3n) is 5.59. The van der Waals surface area contributed by atoms with E-state index in [2.05, 4.69) is 0 Å². The van der Waals surface area contributed by atoms with E-state index in [0.717, 1.165) is 48.8 Å². The van der Waals surface area contributed by atoms with E-state index in [9.17, 15) is 19.5 Å². The van der Waals surface area contributed by atoms with E-state index in [1.54, 1.807) is 5.48 Å². The molecule has 6 nitrogen and oxygen atoms in total. The highest BCUT2D eigenvalue weighted by molar-refractivity contribution is 5.80. The van der Waals surface area contributed by atoms with E-state index in [-0.39, 0.29) is 11.7 Å². The number of unbranched alkanes of at least 4 members (excludes halogenated alkanes) is 3. The predicted molar refractivity (Wildman–Crippen MR) is 123 cm³/mol. The largest absolute Gasteiger partial charge is 0.481 e. The Labute approximate surface area is 189 Å². The van der Waals surface area contributed by atoms with E-state index in [0.29, 0.717) is 32.1 Å². The maximum Gasteiger partial charge on any atom is 0.310 e. The van der Waals surface area contributed by atoms with E-state index in [1.165, 1.54) is 0 Å². The van der Waals surface area contributed by atoms with Crippen molar-refractivity contribution in [2.75, 3.05) is 0 Å². The number of benzene rings is 2. The number of carbonyl (C=O) groups excluding carboxylic acids is 2. The third kappa shape index (κ3) is 9.43. The molecule has 1 atom stereocenters. The minimum absolute atomic E-state index is 0.199. The first-order chi connectivity index (χ1) is 15.5. The molecule has 0 unspecified atom stereocenters. The van der Waals surface area contributed by atoms with Gasteiger partial charge in [0, 0.05) is 19.3 Å². The van der Waals surface area contributed by atoms with Crippen molar-refractivity contribution in [3.05, 3.63) is 71.3 Å². The van der Waals surface area contributed by atoms with Crippen LogP contribution in [0.15, 0.2) is 54.6 Å². The first-order valence-corrected chi connectivity index (χ1v) is 11.3. The summed E-state index contributed by atoms with van der Waals surface area (Å²) in [5.41, 5.74) is 4.56. The number of carbonyl (C=O) groups is 3. The van der Waals surface area contributed by atoms with Crippen molar-refractivity contribution in [3.8, 4) is 0 Å². The molecule has 0 fully saturated rings. The minimum atomic E-state index is -0.799. The molecule has 2 rings (SSSR count). The summed E-state index contributed by atoms with van der Waals surface area (Å²) in [4.78, 5) is 34.9. The lowest BCUT2D eigenvalue weighted by Gasteiger charge is -2.13. The minimum Gasteiger partial charge on any atom is -0.481 e. The van der Waals surface area contributed by atoms with E-state index in [4.69, 9.17) is 5.21 Å². The summed E-state index contributed by atoms with van der Waals surface area (Å²) in [5, 5.41) is 18.0. The van der Waals surface area contributed by atoms with Gasteiger partial charge in [0.1, 0.15) is 5.78 Å². The van der Waals surface area contributed by atoms with Crippen LogP contribution in [0.4, 0.5) is 0 Å². The van der Waals surface area contributed by atoms with Crippen LogP contribution in [-0.2, 0) is 27.2 Å². The highest BCUT2D eigenvalue weighted by atomic mass is 16.5. The van der Waals surface area contributed by atoms with Crippen LogP contribution in [0.1, 0.15) is 74.0 Å². The molecule has 0 saturated heterocycles. The fourth-order valence-electron chi connectivity index (χ4n) is 3.86. The molecule has 32 heavy (non-hydrogen) atoms. The van der Waals surface area contributed by atoms with Crippen molar-refractivity contribution < 1.29 is 24.7 Å². The highest BCUT2D eigenvalue weighted by Gasteiger charge is 2.19. The molecule has 0 bridgehead atoms. The van der Waals surface area contributed by atoms with Gasteiger partial charge in [-0.25, -0.2) is 5.48 Å². The van der Waals surface area contributed by atoms with Gasteiger partial charge in [-0.3, -0.25) is 19.6 Å². The van der Waals surface area contributed by atoms with Crippen LogP contribution in [0.5, 0.6) is 0 Å². The Balaban J connectivity index is 1.73. The van der Waals surface area contributed by atoms with Crippen LogP contribution < -0.4 is 5.48 Å². The quantitative estimate of drug-likeness (QED) is 0.209. The normalized spacial score (nSPS) is 11.7. The average Bonchev–Trinajstić information content (AvgIpc) is 2.79. The fraction of sp³-hybridized carbons (Fsp3) is 0.423. The van der Waals surface area contributed by atoms with Crippen LogP contribution in [-0.4, -0.2) is 28.0 Å². The van der Waals surface area contributed by atoms with Crippen LogP contribution >= 0.6 is 0 Å². The zero-order valence-corrected chi connectivity index (χ0v) is 18.5. The van der Waals surface area contributed by atoms with Crippen molar-refractivity contribution in [1.82, 2.24) is 5.48 Å². The van der Waals surface area contributed by atoms with Crippen LogP contribution in [0.25, 0.3) is 0 Å². The molecular formula is C26H33NO5. The van der Waals surface area contributed by atoms with Crippen molar-refractivity contribution >= 4 is 17.7 Å². The van der Waals surface area contributed by atoms with E-state index < -0.39 is 11.9 Å². The fourth-order valence-corrected chi connectivity index (χ4v) is 3.86. The summed E-state index contributed by atoms with van der Waals surface area (Å²) in [5.74, 6) is -1.48. The number of aliphatic carboxylic acids is 1. The second-order valence-electron chi connectivity index (χ2n) is 8.18. The Morgan fingerprint density at radius 1 is 0.812 bits per heavy atom. The Morgan fingerprint density at radius 2 is 1.50 bits per heavy atom. The SMILES string of the molecule is O=C(CCCCCCC(=O)NO)Cc1cccc(CCC[C@H](C(=O)O)c2ccccc2)c1. The van der Waals surface area contributed by atoms with Gasteiger partial charge in [0.25, 0.3) is 0 Å². The molecule has 172 valence electrons. The molecule has 2 aromatic rings. The van der Waals surface area contributed by atoms with Crippen LogP contribution in [0, 0.1) is 0 Å². The second-order valence-corrected chi connectivity index (χ2v) is 8.18. The van der Waals surface area contributed by atoms with Gasteiger partial charge in [-0.1, -0.05) is 67.4 Å². The Morgan fingerprint density at radius 3 is 2.19 bits per heavy atom. The smallest absolute Gasteiger partial charge is 0.310 e. The molecule has 0 aliphatic heterocycles. The Bertz CT molecular complexity index is 866. The van der Waals surface area contributed by atoms with Crippen LogP contribution in [0.3, 0.4) is 0 Å². The standard InChI is InChI=1S/C26H33NO5/c28-23(15-6-1-2-7-17-25(29)27-32)19-21-12-8-10-20(18-21)11-9-16-24(26(30)31)22-13-4-3-5-14-22/h3-5,8,10,12-14,18,24,32H,1-2,6-7,9,11,15-17,19H2,(H,27,29)(H,30,31)/t24-/m0/s1. The number of aryl methyl sites for hydroxylation is 1. The summed E-state index contributed by atoms with van der Waals surface area (Å²) in [6.07, 6.45) is 6.59. The Hall–Kier alpha value is -2.99. The molecule has 1 amide bonds. The molecule has 0 aromatic heterocycles. The summed E-state index contributed by atoms with van der Waals surface area (Å²) in [6, 6.07) is 17.3. The second kappa shape index (κ2) is 14.1. The van der Waals surface area contributed by atoms with Crippen molar-refractivity contribution in [1.29, 1.82) is 0 Å². The summed E-state index contributed by atoms with van der Waals surface area (Å²) in [6.45, 7) is 0. The number of nitrogens with one attached hydrogen (secondary N) is 1. The summed E-state index contributed by atoms with van der Waals surface area (Å²) < 4.78 is 0. The molecule has 0 aliphatic carbocycles. The molecular weight excluding hydrogens is 406 g/mol. The number of hydroxylamine groups is 1. The van der Waals surface area contributed by atoms with Crippen LogP contribution in [0.2, 0.25) is 0 Å². The summed E-state index contributed by atoms with van der Waals surface area (Å²) in [7, 11) is 0. The summed E-state index contributed by atoms with van der Waals surface area (Å²) >= 11 is 0. The number of amides is 1. The lowest BCUT2D eigenvalue weighted by molar-refractivity contribution is -0.139. The van der Waals surface area contributed by atoms with Gasteiger partial charge in [0.2, 0.25) is 5.91 Å². The molecule has 0 aliphatic rings. The molecule has 3 N–H and O–H groups in total. The molecule has 0 spiro atoms. The maximum atomic E-state index is 12.3. The lowest BCUT2D eigenvalue weighted by atomic mass is 9.92. The predicted octanol–water partition coefficient (Wildman–Crippen LogP) is 4.84. The number of rotatable bonds is 15. The first kappa shape index (κ1) is 25.3. The average molecular weight is 440 g/mol. The molecule has 6 heteroatoms. The van der Waals surface area contributed by atoms with E-state index >= 15 is 0 Å². The lowest BCUT2D eigenvalue weighted by Crippen LogP contribution is -2.17. The topological polar surface area (TPSA) is 104 Å².